The third-order valence-electron chi connectivity index (χ3n) is 6.61. The number of hydrogen-bond donors (Lipinski definition) is 0. The van der Waals surface area contributed by atoms with Gasteiger partial charge in [0.25, 0.3) is 0 Å². The van der Waals surface area contributed by atoms with Crippen LogP contribution in [0, 0.1) is 17.8 Å². The van der Waals surface area contributed by atoms with E-state index >= 15 is 0 Å². The van der Waals surface area contributed by atoms with Crippen molar-refractivity contribution in [3.63, 3.8) is 0 Å². The fourth-order valence-corrected chi connectivity index (χ4v) is 5.99. The summed E-state index contributed by atoms with van der Waals surface area (Å²) in [7, 11) is 0. The molecule has 0 saturated heterocycles. The van der Waals surface area contributed by atoms with Gasteiger partial charge in [-0.15, -0.1) is 0 Å². The van der Waals surface area contributed by atoms with Crippen molar-refractivity contribution in [3.05, 3.63) is 35.4 Å². The van der Waals surface area contributed by atoms with E-state index in [1.807, 2.05) is 0 Å². The van der Waals surface area contributed by atoms with Crippen LogP contribution in [0.25, 0.3) is 0 Å². The fourth-order valence-electron chi connectivity index (χ4n) is 5.99. The van der Waals surface area contributed by atoms with Crippen LogP contribution in [0.15, 0.2) is 24.3 Å². The lowest BCUT2D eigenvalue weighted by Gasteiger charge is -2.57. The Labute approximate surface area is 116 Å². The van der Waals surface area contributed by atoms with Gasteiger partial charge in [0.1, 0.15) is 0 Å². The maximum atomic E-state index is 2.50. The third-order valence-corrected chi connectivity index (χ3v) is 6.61. The minimum absolute atomic E-state index is 0.594. The zero-order chi connectivity index (χ0) is 12.4. The van der Waals surface area contributed by atoms with Crippen molar-refractivity contribution in [1.82, 2.24) is 0 Å². The van der Waals surface area contributed by atoms with Gasteiger partial charge in [-0.05, 0) is 91.6 Å². The smallest absolute Gasteiger partial charge is 0.00391 e. The second kappa shape index (κ2) is 3.65. The maximum Gasteiger partial charge on any atom is -0.00391 e. The van der Waals surface area contributed by atoms with Crippen molar-refractivity contribution in [3.8, 4) is 0 Å². The molecule has 0 aromatic heterocycles. The lowest BCUT2D eigenvalue weighted by Crippen LogP contribution is -2.48. The lowest BCUT2D eigenvalue weighted by molar-refractivity contribution is -0.00519. The fraction of sp³-hybridized carbons (Fsp3) is 0.684. The van der Waals surface area contributed by atoms with E-state index in [0.717, 1.165) is 23.7 Å². The number of benzene rings is 1. The molecule has 0 unspecified atom stereocenters. The number of rotatable bonds is 2. The second-order valence-corrected chi connectivity index (χ2v) is 8.09. The van der Waals surface area contributed by atoms with Gasteiger partial charge >= 0.3 is 0 Å². The molecule has 0 radical (unpaired) electrons. The summed E-state index contributed by atoms with van der Waals surface area (Å²) in [5.74, 6) is 4.10. The molecule has 0 heteroatoms. The molecule has 0 N–H and O–H groups in total. The van der Waals surface area contributed by atoms with Crippen LogP contribution >= 0.6 is 0 Å². The third kappa shape index (κ3) is 1.65. The van der Waals surface area contributed by atoms with Crippen molar-refractivity contribution in [1.29, 1.82) is 0 Å². The highest BCUT2D eigenvalue weighted by Crippen LogP contribution is 2.60. The van der Waals surface area contributed by atoms with E-state index in [9.17, 15) is 0 Å². The summed E-state index contributed by atoms with van der Waals surface area (Å²) >= 11 is 0. The van der Waals surface area contributed by atoms with Gasteiger partial charge in [0.05, 0.1) is 0 Å². The van der Waals surface area contributed by atoms with Gasteiger partial charge in [-0.3, -0.25) is 0 Å². The first-order valence-electron chi connectivity index (χ1n) is 8.41. The Morgan fingerprint density at radius 2 is 1.26 bits per heavy atom. The predicted octanol–water partition coefficient (Wildman–Crippen LogP) is 5.03. The molecular formula is C19H24. The first-order valence-corrected chi connectivity index (χ1v) is 8.41. The molecule has 100 valence electrons. The molecule has 0 spiro atoms. The molecule has 0 aliphatic heterocycles. The average Bonchev–Trinajstić information content (AvgIpc) is 3.21. The quantitative estimate of drug-likeness (QED) is 0.692. The van der Waals surface area contributed by atoms with Crippen LogP contribution < -0.4 is 0 Å². The summed E-state index contributed by atoms with van der Waals surface area (Å²) in [6.45, 7) is 0. The SMILES string of the molecule is c1cc(C23CC4CC(CC(C4)C2)C3)ccc1C1CC1. The van der Waals surface area contributed by atoms with Crippen molar-refractivity contribution in [2.45, 2.75) is 62.7 Å². The van der Waals surface area contributed by atoms with Gasteiger partial charge in [0.15, 0.2) is 0 Å². The molecule has 0 nitrogen and oxygen atoms in total. The van der Waals surface area contributed by atoms with Crippen molar-refractivity contribution in [2.24, 2.45) is 17.8 Å². The molecule has 5 saturated carbocycles. The molecule has 5 aliphatic carbocycles. The van der Waals surface area contributed by atoms with Crippen LogP contribution in [0.3, 0.4) is 0 Å². The van der Waals surface area contributed by atoms with Crippen LogP contribution in [-0.2, 0) is 5.41 Å². The normalized spacial score (nSPS) is 43.7. The molecule has 0 amide bonds. The van der Waals surface area contributed by atoms with Gasteiger partial charge in [-0.2, -0.15) is 0 Å². The van der Waals surface area contributed by atoms with E-state index < -0.39 is 0 Å². The van der Waals surface area contributed by atoms with Crippen LogP contribution in [-0.4, -0.2) is 0 Å². The minimum atomic E-state index is 0.594. The van der Waals surface area contributed by atoms with Crippen LogP contribution in [0.4, 0.5) is 0 Å². The van der Waals surface area contributed by atoms with Crippen LogP contribution in [0.2, 0.25) is 0 Å². The summed E-state index contributed by atoms with van der Waals surface area (Å²) in [6, 6.07) is 9.90. The topological polar surface area (TPSA) is 0 Å². The Kier molecular flexibility index (Phi) is 2.10. The molecule has 5 fully saturated rings. The second-order valence-electron chi connectivity index (χ2n) is 8.09. The van der Waals surface area contributed by atoms with Gasteiger partial charge in [-0.25, -0.2) is 0 Å². The summed E-state index contributed by atoms with van der Waals surface area (Å²) < 4.78 is 0. The van der Waals surface area contributed by atoms with Crippen molar-refractivity contribution in [2.75, 3.05) is 0 Å². The molecule has 0 heterocycles. The van der Waals surface area contributed by atoms with Crippen molar-refractivity contribution < 1.29 is 0 Å². The van der Waals surface area contributed by atoms with Gasteiger partial charge in [0.2, 0.25) is 0 Å². The molecule has 5 aliphatic rings. The van der Waals surface area contributed by atoms with E-state index in [-0.39, 0.29) is 0 Å². The van der Waals surface area contributed by atoms with E-state index in [0.29, 0.717) is 5.41 Å². The number of hydrogen-bond acceptors (Lipinski definition) is 0. The van der Waals surface area contributed by atoms with Gasteiger partial charge in [0, 0.05) is 0 Å². The van der Waals surface area contributed by atoms with Crippen molar-refractivity contribution >= 4 is 0 Å². The molecular weight excluding hydrogens is 228 g/mol. The Morgan fingerprint density at radius 1 is 0.737 bits per heavy atom. The minimum Gasteiger partial charge on any atom is -0.0585 e. The highest BCUT2D eigenvalue weighted by Gasteiger charge is 2.51. The first kappa shape index (κ1) is 10.9. The molecule has 4 bridgehead atoms. The lowest BCUT2D eigenvalue weighted by atomic mass is 9.48. The molecule has 1 aromatic rings. The average molecular weight is 252 g/mol. The summed E-state index contributed by atoms with van der Waals surface area (Å²) in [6.07, 6.45) is 12.0. The van der Waals surface area contributed by atoms with Gasteiger partial charge in [-0.1, -0.05) is 24.3 Å². The largest absolute Gasteiger partial charge is 0.0585 e. The van der Waals surface area contributed by atoms with Crippen LogP contribution in [0.5, 0.6) is 0 Å². The zero-order valence-electron chi connectivity index (χ0n) is 11.8. The standard InChI is InChI=1S/C19H24/c1-2-16(1)17-3-5-18(6-4-17)19-10-13-7-14(11-19)9-15(8-13)12-19/h3-6,13-16H,1-2,7-12H2. The van der Waals surface area contributed by atoms with E-state index in [4.69, 9.17) is 0 Å². The van der Waals surface area contributed by atoms with E-state index in [2.05, 4.69) is 24.3 Å². The monoisotopic (exact) mass is 252 g/mol. The predicted molar refractivity (Wildman–Crippen MR) is 78.3 cm³/mol. The Bertz CT molecular complexity index is 456. The molecule has 19 heavy (non-hydrogen) atoms. The summed E-state index contributed by atoms with van der Waals surface area (Å²) in [4.78, 5) is 0. The summed E-state index contributed by atoms with van der Waals surface area (Å²) in [5.41, 5.74) is 3.89. The Hall–Kier alpha value is -0.780. The summed E-state index contributed by atoms with van der Waals surface area (Å²) in [5, 5.41) is 0. The maximum absolute atomic E-state index is 2.50. The molecule has 1 aromatic carbocycles. The highest BCUT2D eigenvalue weighted by atomic mass is 14.6. The Morgan fingerprint density at radius 3 is 1.74 bits per heavy atom. The van der Waals surface area contributed by atoms with Crippen LogP contribution in [0.1, 0.15) is 68.4 Å². The van der Waals surface area contributed by atoms with E-state index in [1.54, 1.807) is 30.4 Å². The zero-order valence-corrected chi connectivity index (χ0v) is 11.8. The molecule has 0 atom stereocenters. The highest BCUT2D eigenvalue weighted by molar-refractivity contribution is 5.34. The first-order chi connectivity index (χ1) is 9.31. The Balaban J connectivity index is 1.50. The van der Waals surface area contributed by atoms with Gasteiger partial charge < -0.3 is 0 Å². The molecule has 6 rings (SSSR count). The van der Waals surface area contributed by atoms with E-state index in [1.165, 1.54) is 32.1 Å².